The van der Waals surface area contributed by atoms with Crippen molar-refractivity contribution in [1.82, 2.24) is 15.2 Å². The van der Waals surface area contributed by atoms with Crippen molar-refractivity contribution in [3.63, 3.8) is 0 Å². The fraction of sp³-hybridized carbons (Fsp3) is 0.227. The molecule has 3 aromatic rings. The van der Waals surface area contributed by atoms with Gasteiger partial charge in [0.2, 0.25) is 5.91 Å². The maximum absolute atomic E-state index is 12.4. The predicted molar refractivity (Wildman–Crippen MR) is 120 cm³/mol. The van der Waals surface area contributed by atoms with E-state index < -0.39 is 6.03 Å². The first-order valence-corrected chi connectivity index (χ1v) is 10.7. The van der Waals surface area contributed by atoms with E-state index in [9.17, 15) is 9.59 Å². The van der Waals surface area contributed by atoms with Crippen molar-refractivity contribution >= 4 is 34.6 Å². The Bertz CT molecular complexity index is 969. The zero-order valence-corrected chi connectivity index (χ0v) is 17.3. The predicted octanol–water partition coefficient (Wildman–Crippen LogP) is 3.28. The van der Waals surface area contributed by atoms with Crippen molar-refractivity contribution in [2.75, 3.05) is 42.9 Å². The number of nitrogens with zero attached hydrogens (tertiary/aromatic N) is 3. The number of rotatable bonds is 5. The van der Waals surface area contributed by atoms with Crippen LogP contribution < -0.4 is 15.5 Å². The second-order valence-electron chi connectivity index (χ2n) is 6.93. The quantitative estimate of drug-likeness (QED) is 0.663. The lowest BCUT2D eigenvalue weighted by atomic mass is 10.2. The monoisotopic (exact) mass is 421 g/mol. The number of piperazine rings is 1. The second-order valence-corrected chi connectivity index (χ2v) is 7.82. The minimum Gasteiger partial charge on any atom is -0.368 e. The van der Waals surface area contributed by atoms with E-state index in [1.807, 2.05) is 47.8 Å². The SMILES string of the molecule is O=C(NCC(=O)N1CCN(c2ccccc2)CC1)Nc1ccc(-c2nccs2)cc1. The highest BCUT2D eigenvalue weighted by Gasteiger charge is 2.21. The average molecular weight is 422 g/mol. The number of para-hydroxylation sites is 1. The van der Waals surface area contributed by atoms with E-state index >= 15 is 0 Å². The minimum atomic E-state index is -0.395. The van der Waals surface area contributed by atoms with Crippen molar-refractivity contribution in [2.24, 2.45) is 0 Å². The van der Waals surface area contributed by atoms with Crippen LogP contribution in [0.15, 0.2) is 66.2 Å². The molecule has 1 aliphatic heterocycles. The fourth-order valence-corrected chi connectivity index (χ4v) is 4.00. The van der Waals surface area contributed by atoms with Gasteiger partial charge in [0.1, 0.15) is 5.01 Å². The van der Waals surface area contributed by atoms with Crippen molar-refractivity contribution in [3.8, 4) is 10.6 Å². The summed E-state index contributed by atoms with van der Waals surface area (Å²) in [5.74, 6) is -0.0722. The van der Waals surface area contributed by atoms with Crippen LogP contribution in [-0.2, 0) is 4.79 Å². The van der Waals surface area contributed by atoms with Crippen LogP contribution in [0.5, 0.6) is 0 Å². The normalized spacial score (nSPS) is 13.7. The molecule has 0 unspecified atom stereocenters. The standard InChI is InChI=1S/C22H23N5O2S/c28-20(27-13-11-26(12-14-27)19-4-2-1-3-5-19)16-24-22(29)25-18-8-6-17(7-9-18)21-23-10-15-30-21/h1-10,15H,11-14,16H2,(H2,24,25,29). The summed E-state index contributed by atoms with van der Waals surface area (Å²) in [4.78, 5) is 32.9. The van der Waals surface area contributed by atoms with E-state index in [2.05, 4.69) is 32.7 Å². The van der Waals surface area contributed by atoms with Crippen LogP contribution in [0, 0.1) is 0 Å². The van der Waals surface area contributed by atoms with Gasteiger partial charge in [-0.05, 0) is 36.4 Å². The summed E-state index contributed by atoms with van der Waals surface area (Å²) < 4.78 is 0. The van der Waals surface area contributed by atoms with E-state index in [0.717, 1.165) is 23.7 Å². The molecule has 2 heterocycles. The van der Waals surface area contributed by atoms with Crippen molar-refractivity contribution in [2.45, 2.75) is 0 Å². The van der Waals surface area contributed by atoms with Crippen LogP contribution in [0.4, 0.5) is 16.2 Å². The Hall–Kier alpha value is -3.39. The van der Waals surface area contributed by atoms with Gasteiger partial charge in [-0.3, -0.25) is 4.79 Å². The highest BCUT2D eigenvalue weighted by Crippen LogP contribution is 2.23. The van der Waals surface area contributed by atoms with Gasteiger partial charge in [0.25, 0.3) is 0 Å². The van der Waals surface area contributed by atoms with Gasteiger partial charge in [0.05, 0.1) is 6.54 Å². The average Bonchev–Trinajstić information content (AvgIpc) is 3.34. The summed E-state index contributed by atoms with van der Waals surface area (Å²) in [5.41, 5.74) is 2.83. The summed E-state index contributed by atoms with van der Waals surface area (Å²) in [5, 5.41) is 8.26. The van der Waals surface area contributed by atoms with E-state index in [1.54, 1.807) is 22.4 Å². The van der Waals surface area contributed by atoms with Crippen LogP contribution in [-0.4, -0.2) is 54.5 Å². The summed E-state index contributed by atoms with van der Waals surface area (Å²) in [6.45, 7) is 2.85. The van der Waals surface area contributed by atoms with Gasteiger partial charge in [-0.15, -0.1) is 11.3 Å². The number of aromatic nitrogens is 1. The molecule has 1 fully saturated rings. The number of amides is 3. The molecule has 154 valence electrons. The Balaban J connectivity index is 1.21. The van der Waals surface area contributed by atoms with E-state index in [1.165, 1.54) is 5.69 Å². The van der Waals surface area contributed by atoms with Gasteiger partial charge < -0.3 is 20.4 Å². The first kappa shape index (κ1) is 19.9. The number of benzene rings is 2. The summed E-state index contributed by atoms with van der Waals surface area (Å²) >= 11 is 1.56. The lowest BCUT2D eigenvalue weighted by Crippen LogP contribution is -2.51. The number of carbonyl (C=O) groups is 2. The Morgan fingerprint density at radius 2 is 1.70 bits per heavy atom. The first-order valence-electron chi connectivity index (χ1n) is 9.81. The summed E-state index contributed by atoms with van der Waals surface area (Å²) in [7, 11) is 0. The molecular weight excluding hydrogens is 398 g/mol. The number of hydrogen-bond acceptors (Lipinski definition) is 5. The van der Waals surface area contributed by atoms with Gasteiger partial charge in [0.15, 0.2) is 0 Å². The molecule has 8 heteroatoms. The Labute approximate surface area is 179 Å². The van der Waals surface area contributed by atoms with Crippen molar-refractivity contribution in [1.29, 1.82) is 0 Å². The zero-order valence-electron chi connectivity index (χ0n) is 16.5. The van der Waals surface area contributed by atoms with Gasteiger partial charge in [-0.25, -0.2) is 9.78 Å². The van der Waals surface area contributed by atoms with E-state index in [-0.39, 0.29) is 12.5 Å². The smallest absolute Gasteiger partial charge is 0.319 e. The highest BCUT2D eigenvalue weighted by molar-refractivity contribution is 7.13. The molecule has 0 aliphatic carbocycles. The third kappa shape index (κ3) is 4.96. The maximum Gasteiger partial charge on any atom is 0.319 e. The molecule has 0 spiro atoms. The molecular formula is C22H23N5O2S. The zero-order chi connectivity index (χ0) is 20.8. The van der Waals surface area contributed by atoms with Crippen LogP contribution in [0.2, 0.25) is 0 Å². The van der Waals surface area contributed by atoms with E-state index in [4.69, 9.17) is 0 Å². The van der Waals surface area contributed by atoms with Gasteiger partial charge in [-0.1, -0.05) is 18.2 Å². The molecule has 0 radical (unpaired) electrons. The molecule has 1 saturated heterocycles. The molecule has 1 aliphatic rings. The molecule has 0 bridgehead atoms. The van der Waals surface area contributed by atoms with Crippen LogP contribution in [0.3, 0.4) is 0 Å². The molecule has 2 aromatic carbocycles. The minimum absolute atomic E-state index is 0.0195. The molecule has 7 nitrogen and oxygen atoms in total. The molecule has 2 N–H and O–H groups in total. The molecule has 0 saturated carbocycles. The third-order valence-electron chi connectivity index (χ3n) is 4.98. The third-order valence-corrected chi connectivity index (χ3v) is 5.80. The Morgan fingerprint density at radius 3 is 2.37 bits per heavy atom. The lowest BCUT2D eigenvalue weighted by molar-refractivity contribution is -0.130. The van der Waals surface area contributed by atoms with Crippen LogP contribution in [0.25, 0.3) is 10.6 Å². The number of nitrogens with one attached hydrogen (secondary N) is 2. The van der Waals surface area contributed by atoms with Crippen LogP contribution in [0.1, 0.15) is 0 Å². The van der Waals surface area contributed by atoms with Crippen molar-refractivity contribution < 1.29 is 9.59 Å². The summed E-state index contributed by atoms with van der Waals surface area (Å²) in [6, 6.07) is 17.2. The first-order chi connectivity index (χ1) is 14.7. The fourth-order valence-electron chi connectivity index (χ4n) is 3.36. The highest BCUT2D eigenvalue weighted by atomic mass is 32.1. The number of thiazole rings is 1. The molecule has 1 aromatic heterocycles. The number of hydrogen-bond donors (Lipinski definition) is 2. The maximum atomic E-state index is 12.4. The number of anilines is 2. The Kier molecular flexibility index (Phi) is 6.24. The lowest BCUT2D eigenvalue weighted by Gasteiger charge is -2.36. The number of urea groups is 1. The largest absolute Gasteiger partial charge is 0.368 e. The van der Waals surface area contributed by atoms with Gasteiger partial charge >= 0.3 is 6.03 Å². The Morgan fingerprint density at radius 1 is 0.967 bits per heavy atom. The van der Waals surface area contributed by atoms with Gasteiger partial charge in [-0.2, -0.15) is 0 Å². The molecule has 30 heavy (non-hydrogen) atoms. The van der Waals surface area contributed by atoms with E-state index in [0.29, 0.717) is 18.8 Å². The summed E-state index contributed by atoms with van der Waals surface area (Å²) in [6.07, 6.45) is 1.76. The molecule has 0 atom stereocenters. The van der Waals surface area contributed by atoms with Crippen LogP contribution >= 0.6 is 11.3 Å². The molecule has 3 amide bonds. The molecule has 4 rings (SSSR count). The van der Waals surface area contributed by atoms with Gasteiger partial charge in [0, 0.05) is 54.7 Å². The van der Waals surface area contributed by atoms with Crippen molar-refractivity contribution in [3.05, 3.63) is 66.2 Å². The topological polar surface area (TPSA) is 77.6 Å². The second kappa shape index (κ2) is 9.41. The number of carbonyl (C=O) groups excluding carboxylic acids is 2.